The Morgan fingerprint density at radius 1 is 1.22 bits per heavy atom. The van der Waals surface area contributed by atoms with Crippen LogP contribution in [-0.4, -0.2) is 0 Å². The van der Waals surface area contributed by atoms with Gasteiger partial charge in [-0.3, -0.25) is 11.3 Å². The van der Waals surface area contributed by atoms with Gasteiger partial charge in [-0.1, -0.05) is 17.7 Å². The molecule has 0 saturated heterocycles. The van der Waals surface area contributed by atoms with Crippen molar-refractivity contribution < 1.29 is 8.78 Å². The monoisotopic (exact) mass is 252 g/mol. The third-order valence-electron chi connectivity index (χ3n) is 3.40. The molecule has 1 atom stereocenters. The minimum Gasteiger partial charge on any atom is -0.271 e. The predicted octanol–water partition coefficient (Wildman–Crippen LogP) is 3.36. The fraction of sp³-hybridized carbons (Fsp3) is 0.429. The number of hydrogen-bond donors (Lipinski definition) is 2. The summed E-state index contributed by atoms with van der Waals surface area (Å²) in [5.74, 6) is 4.36. The van der Waals surface area contributed by atoms with E-state index in [2.05, 4.69) is 11.5 Å². The fourth-order valence-electron chi connectivity index (χ4n) is 2.44. The molecule has 1 aliphatic carbocycles. The van der Waals surface area contributed by atoms with E-state index < -0.39 is 17.7 Å². The lowest BCUT2D eigenvalue weighted by Crippen LogP contribution is -2.30. The molecule has 0 bridgehead atoms. The van der Waals surface area contributed by atoms with Crippen LogP contribution in [0.5, 0.6) is 0 Å². The Balaban J connectivity index is 2.20. The van der Waals surface area contributed by atoms with Crippen molar-refractivity contribution in [3.05, 3.63) is 47.0 Å². The highest BCUT2D eigenvalue weighted by molar-refractivity contribution is 5.25. The van der Waals surface area contributed by atoms with Crippen LogP contribution < -0.4 is 11.3 Å². The highest BCUT2D eigenvalue weighted by Crippen LogP contribution is 2.29. The second kappa shape index (κ2) is 6.07. The quantitative estimate of drug-likeness (QED) is 0.490. The van der Waals surface area contributed by atoms with Gasteiger partial charge in [-0.2, -0.15) is 0 Å². The third-order valence-corrected chi connectivity index (χ3v) is 3.40. The Bertz CT molecular complexity index is 423. The van der Waals surface area contributed by atoms with Crippen LogP contribution in [0.15, 0.2) is 29.8 Å². The largest absolute Gasteiger partial charge is 0.271 e. The van der Waals surface area contributed by atoms with Crippen molar-refractivity contribution in [2.45, 2.75) is 38.1 Å². The summed E-state index contributed by atoms with van der Waals surface area (Å²) in [7, 11) is 0. The maximum Gasteiger partial charge on any atom is 0.130 e. The highest BCUT2D eigenvalue weighted by Gasteiger charge is 2.20. The number of halogens is 2. The van der Waals surface area contributed by atoms with Crippen LogP contribution in [0, 0.1) is 11.6 Å². The molecule has 3 N–H and O–H groups in total. The summed E-state index contributed by atoms with van der Waals surface area (Å²) in [6.45, 7) is 0. The zero-order chi connectivity index (χ0) is 13.0. The van der Waals surface area contributed by atoms with Gasteiger partial charge in [0.15, 0.2) is 0 Å². The van der Waals surface area contributed by atoms with Crippen LogP contribution in [-0.2, 0) is 0 Å². The lowest BCUT2D eigenvalue weighted by Gasteiger charge is -2.21. The van der Waals surface area contributed by atoms with E-state index in [1.807, 2.05) is 0 Å². The Morgan fingerprint density at radius 2 is 1.94 bits per heavy atom. The number of allylic oxidation sites excluding steroid dienone is 1. The predicted molar refractivity (Wildman–Crippen MR) is 67.6 cm³/mol. The van der Waals surface area contributed by atoms with Gasteiger partial charge < -0.3 is 0 Å². The van der Waals surface area contributed by atoms with Gasteiger partial charge in [0.2, 0.25) is 0 Å². The number of hydrazine groups is 1. The highest BCUT2D eigenvalue weighted by atomic mass is 19.1. The van der Waals surface area contributed by atoms with E-state index in [1.165, 1.54) is 30.2 Å². The number of nitrogens with one attached hydrogen (secondary N) is 1. The molecule has 1 aliphatic rings. The maximum atomic E-state index is 13.7. The van der Waals surface area contributed by atoms with Crippen LogP contribution in [0.25, 0.3) is 0 Å². The molecule has 0 radical (unpaired) electrons. The first-order valence-electron chi connectivity index (χ1n) is 6.30. The van der Waals surface area contributed by atoms with Crippen molar-refractivity contribution in [2.24, 2.45) is 5.84 Å². The second-order valence-electron chi connectivity index (χ2n) is 4.67. The van der Waals surface area contributed by atoms with Crippen molar-refractivity contribution in [3.8, 4) is 0 Å². The molecule has 1 aromatic rings. The van der Waals surface area contributed by atoms with E-state index in [0.29, 0.717) is 6.42 Å². The summed E-state index contributed by atoms with van der Waals surface area (Å²) in [5, 5.41) is 0. The number of nitrogens with two attached hydrogens (primary N) is 1. The Kier molecular flexibility index (Phi) is 4.44. The molecule has 0 saturated carbocycles. The SMILES string of the molecule is NNC(CC1=CCCCC1)c1c(F)cccc1F. The normalized spacial score (nSPS) is 17.4. The van der Waals surface area contributed by atoms with Crippen molar-refractivity contribution in [1.29, 1.82) is 0 Å². The van der Waals surface area contributed by atoms with Crippen LogP contribution >= 0.6 is 0 Å². The van der Waals surface area contributed by atoms with E-state index >= 15 is 0 Å². The number of hydrogen-bond acceptors (Lipinski definition) is 2. The van der Waals surface area contributed by atoms with Gasteiger partial charge in [-0.25, -0.2) is 8.78 Å². The molecular weight excluding hydrogens is 234 g/mol. The Labute approximate surface area is 106 Å². The van der Waals surface area contributed by atoms with Gasteiger partial charge in [0.1, 0.15) is 11.6 Å². The summed E-state index contributed by atoms with van der Waals surface area (Å²) in [6, 6.07) is 3.38. The topological polar surface area (TPSA) is 38.0 Å². The molecule has 1 unspecified atom stereocenters. The molecule has 18 heavy (non-hydrogen) atoms. The molecule has 4 heteroatoms. The van der Waals surface area contributed by atoms with Crippen molar-refractivity contribution in [3.63, 3.8) is 0 Å². The summed E-state index contributed by atoms with van der Waals surface area (Å²) in [5.41, 5.74) is 3.79. The molecule has 0 aliphatic heterocycles. The summed E-state index contributed by atoms with van der Waals surface area (Å²) in [4.78, 5) is 0. The third kappa shape index (κ3) is 2.94. The fourth-order valence-corrected chi connectivity index (χ4v) is 2.44. The standard InChI is InChI=1S/C14H18F2N2/c15-11-7-4-8-12(16)14(11)13(18-17)9-10-5-2-1-3-6-10/h4-5,7-8,13,18H,1-3,6,9,17H2. The number of benzene rings is 1. The molecule has 0 amide bonds. The van der Waals surface area contributed by atoms with E-state index in [0.717, 1.165) is 19.3 Å². The zero-order valence-corrected chi connectivity index (χ0v) is 10.3. The first-order chi connectivity index (χ1) is 8.72. The van der Waals surface area contributed by atoms with Crippen molar-refractivity contribution in [2.75, 3.05) is 0 Å². The summed E-state index contributed by atoms with van der Waals surface area (Å²) in [6.07, 6.45) is 7.10. The van der Waals surface area contributed by atoms with Crippen molar-refractivity contribution >= 4 is 0 Å². The molecule has 2 nitrogen and oxygen atoms in total. The minimum absolute atomic E-state index is 0.0338. The van der Waals surface area contributed by atoms with Gasteiger partial charge in [0.05, 0.1) is 6.04 Å². The molecule has 0 spiro atoms. The molecule has 1 aromatic carbocycles. The average Bonchev–Trinajstić information content (AvgIpc) is 2.38. The first-order valence-corrected chi connectivity index (χ1v) is 6.30. The van der Waals surface area contributed by atoms with E-state index in [1.54, 1.807) is 0 Å². The lowest BCUT2D eigenvalue weighted by atomic mass is 9.91. The summed E-state index contributed by atoms with van der Waals surface area (Å²) < 4.78 is 27.4. The number of rotatable bonds is 4. The van der Waals surface area contributed by atoms with Crippen LogP contribution in [0.1, 0.15) is 43.7 Å². The Hall–Kier alpha value is -1.26. The molecule has 98 valence electrons. The lowest BCUT2D eigenvalue weighted by molar-refractivity contribution is 0.464. The molecular formula is C14H18F2N2. The maximum absolute atomic E-state index is 13.7. The van der Waals surface area contributed by atoms with Gasteiger partial charge in [0, 0.05) is 5.56 Å². The summed E-state index contributed by atoms with van der Waals surface area (Å²) >= 11 is 0. The average molecular weight is 252 g/mol. The first kappa shape index (κ1) is 13.2. The van der Waals surface area contributed by atoms with Crippen LogP contribution in [0.2, 0.25) is 0 Å². The molecule has 2 rings (SSSR count). The smallest absolute Gasteiger partial charge is 0.130 e. The Morgan fingerprint density at radius 3 is 2.50 bits per heavy atom. The molecule has 0 aromatic heterocycles. The van der Waals surface area contributed by atoms with Crippen LogP contribution in [0.4, 0.5) is 8.78 Å². The van der Waals surface area contributed by atoms with E-state index in [-0.39, 0.29) is 5.56 Å². The molecule has 0 heterocycles. The van der Waals surface area contributed by atoms with Gasteiger partial charge in [-0.05, 0) is 44.2 Å². The van der Waals surface area contributed by atoms with Crippen LogP contribution in [0.3, 0.4) is 0 Å². The minimum atomic E-state index is -0.547. The van der Waals surface area contributed by atoms with Gasteiger partial charge in [-0.15, -0.1) is 0 Å². The van der Waals surface area contributed by atoms with E-state index in [4.69, 9.17) is 5.84 Å². The van der Waals surface area contributed by atoms with Gasteiger partial charge >= 0.3 is 0 Å². The van der Waals surface area contributed by atoms with Crippen molar-refractivity contribution in [1.82, 2.24) is 5.43 Å². The molecule has 0 fully saturated rings. The zero-order valence-electron chi connectivity index (χ0n) is 10.3. The van der Waals surface area contributed by atoms with E-state index in [9.17, 15) is 8.78 Å². The van der Waals surface area contributed by atoms with Gasteiger partial charge in [0.25, 0.3) is 0 Å². The second-order valence-corrected chi connectivity index (χ2v) is 4.67.